The van der Waals surface area contributed by atoms with Crippen molar-refractivity contribution in [2.45, 2.75) is 32.7 Å². The summed E-state index contributed by atoms with van der Waals surface area (Å²) < 4.78 is 13.4. The molecule has 0 spiro atoms. The van der Waals surface area contributed by atoms with Crippen molar-refractivity contribution in [3.63, 3.8) is 0 Å². The van der Waals surface area contributed by atoms with E-state index in [1.54, 1.807) is 24.8 Å². The molecule has 2 heterocycles. The molecule has 6 nitrogen and oxygen atoms in total. The number of likely N-dealkylation sites (tertiary alicyclic amines) is 1. The number of nitrogens with zero attached hydrogens (tertiary/aromatic N) is 2. The third kappa shape index (κ3) is 3.10. The third-order valence-electron chi connectivity index (χ3n) is 5.28. The van der Waals surface area contributed by atoms with Gasteiger partial charge >= 0.3 is 5.97 Å². The number of rotatable bonds is 3. The van der Waals surface area contributed by atoms with E-state index >= 15 is 0 Å². The zero-order chi connectivity index (χ0) is 18.3. The van der Waals surface area contributed by atoms with Crippen molar-refractivity contribution < 1.29 is 23.9 Å². The Balaban J connectivity index is 1.73. The van der Waals surface area contributed by atoms with Crippen LogP contribution >= 0.6 is 0 Å². The van der Waals surface area contributed by atoms with Crippen LogP contribution in [0.2, 0.25) is 0 Å². The molecule has 2 saturated heterocycles. The summed E-state index contributed by atoms with van der Waals surface area (Å²) in [5, 5.41) is 9.20. The van der Waals surface area contributed by atoms with E-state index in [1.165, 1.54) is 17.0 Å². The van der Waals surface area contributed by atoms with Crippen molar-refractivity contribution in [1.82, 2.24) is 4.90 Å². The number of benzene rings is 1. The van der Waals surface area contributed by atoms with Crippen molar-refractivity contribution in [3.8, 4) is 0 Å². The van der Waals surface area contributed by atoms with Crippen LogP contribution in [0.15, 0.2) is 18.2 Å². The summed E-state index contributed by atoms with van der Waals surface area (Å²) in [5.41, 5.74) is 1.02. The summed E-state index contributed by atoms with van der Waals surface area (Å²) in [7, 11) is 0. The molecule has 7 heteroatoms. The van der Waals surface area contributed by atoms with Gasteiger partial charge in [0.2, 0.25) is 11.8 Å². The van der Waals surface area contributed by atoms with Crippen molar-refractivity contribution in [2.75, 3.05) is 18.0 Å². The Kier molecular flexibility index (Phi) is 4.49. The van der Waals surface area contributed by atoms with Gasteiger partial charge in [0, 0.05) is 31.2 Å². The summed E-state index contributed by atoms with van der Waals surface area (Å²) in [4.78, 5) is 39.4. The average Bonchev–Trinajstić information content (AvgIpc) is 3.12. The smallest absolute Gasteiger partial charge is 0.308 e. The van der Waals surface area contributed by atoms with Crippen LogP contribution < -0.4 is 4.90 Å². The maximum Gasteiger partial charge on any atom is 0.308 e. The molecule has 2 aliphatic heterocycles. The highest BCUT2D eigenvalue weighted by Crippen LogP contribution is 2.31. The van der Waals surface area contributed by atoms with Gasteiger partial charge in [0.05, 0.1) is 11.8 Å². The number of hydrogen-bond acceptors (Lipinski definition) is 3. The standard InChI is InChI=1S/C18H21FN2O4/c1-10-7-13(3-4-15(10)19)21-9-12(8-16(21)22)17(23)20-6-5-14(11(20)2)18(24)25/h3-4,7,11-12,14H,5-6,8-9H2,1-2H3,(H,24,25). The molecule has 0 radical (unpaired) electrons. The largest absolute Gasteiger partial charge is 0.481 e. The van der Waals surface area contributed by atoms with Crippen LogP contribution in [0.25, 0.3) is 0 Å². The number of carboxylic acid groups (broad SMARTS) is 1. The summed E-state index contributed by atoms with van der Waals surface area (Å²) in [6.45, 7) is 4.00. The van der Waals surface area contributed by atoms with Crippen LogP contribution in [0.4, 0.5) is 10.1 Å². The summed E-state index contributed by atoms with van der Waals surface area (Å²) in [5.74, 6) is -2.64. The van der Waals surface area contributed by atoms with Gasteiger partial charge in [0.1, 0.15) is 5.82 Å². The van der Waals surface area contributed by atoms with Crippen molar-refractivity contribution in [2.24, 2.45) is 11.8 Å². The zero-order valence-electron chi connectivity index (χ0n) is 14.2. The monoisotopic (exact) mass is 348 g/mol. The van der Waals surface area contributed by atoms with Crippen LogP contribution in [0.1, 0.15) is 25.3 Å². The molecule has 1 N–H and O–H groups in total. The molecule has 1 aromatic rings. The lowest BCUT2D eigenvalue weighted by atomic mass is 10.0. The van der Waals surface area contributed by atoms with E-state index in [2.05, 4.69) is 0 Å². The predicted octanol–water partition coefficient (Wildman–Crippen LogP) is 1.81. The molecule has 2 fully saturated rings. The number of anilines is 1. The molecule has 2 amide bonds. The number of carboxylic acids is 1. The number of carbonyl (C=O) groups is 3. The van der Waals surface area contributed by atoms with E-state index in [0.29, 0.717) is 24.2 Å². The molecule has 25 heavy (non-hydrogen) atoms. The van der Waals surface area contributed by atoms with Gasteiger partial charge in [-0.15, -0.1) is 0 Å². The number of aliphatic carboxylic acids is 1. The van der Waals surface area contributed by atoms with Crippen LogP contribution in [-0.2, 0) is 14.4 Å². The number of halogens is 1. The molecule has 134 valence electrons. The normalized spacial score (nSPS) is 26.4. The minimum absolute atomic E-state index is 0.0935. The molecule has 0 aliphatic carbocycles. The van der Waals surface area contributed by atoms with Gasteiger partial charge in [0.25, 0.3) is 0 Å². The van der Waals surface area contributed by atoms with Crippen LogP contribution in [0.5, 0.6) is 0 Å². The van der Waals surface area contributed by atoms with Gasteiger partial charge < -0.3 is 14.9 Å². The quantitative estimate of drug-likeness (QED) is 0.904. The van der Waals surface area contributed by atoms with Gasteiger partial charge in [0.15, 0.2) is 0 Å². The van der Waals surface area contributed by atoms with Gasteiger partial charge in [-0.3, -0.25) is 14.4 Å². The second-order valence-corrected chi connectivity index (χ2v) is 6.84. The number of aryl methyl sites for hydroxylation is 1. The number of hydrogen-bond donors (Lipinski definition) is 1. The minimum Gasteiger partial charge on any atom is -0.481 e. The van der Waals surface area contributed by atoms with Crippen molar-refractivity contribution in [3.05, 3.63) is 29.6 Å². The molecule has 3 atom stereocenters. The van der Waals surface area contributed by atoms with E-state index in [4.69, 9.17) is 0 Å². The summed E-state index contributed by atoms with van der Waals surface area (Å²) in [6.07, 6.45) is 0.528. The maximum absolute atomic E-state index is 13.4. The first-order valence-corrected chi connectivity index (χ1v) is 8.39. The topological polar surface area (TPSA) is 77.9 Å². The van der Waals surface area contributed by atoms with Crippen LogP contribution in [-0.4, -0.2) is 46.9 Å². The SMILES string of the molecule is Cc1cc(N2CC(C(=O)N3CCC(C(=O)O)C3C)CC2=O)ccc1F. The highest BCUT2D eigenvalue weighted by Gasteiger charge is 2.43. The fourth-order valence-electron chi connectivity index (χ4n) is 3.73. The average molecular weight is 348 g/mol. The van der Waals surface area contributed by atoms with E-state index in [0.717, 1.165) is 0 Å². The first-order valence-electron chi connectivity index (χ1n) is 8.39. The van der Waals surface area contributed by atoms with Gasteiger partial charge in [-0.1, -0.05) is 0 Å². The second kappa shape index (κ2) is 6.46. The fraction of sp³-hybridized carbons (Fsp3) is 0.500. The third-order valence-corrected chi connectivity index (χ3v) is 5.28. The Morgan fingerprint density at radius 3 is 2.64 bits per heavy atom. The maximum atomic E-state index is 13.4. The summed E-state index contributed by atoms with van der Waals surface area (Å²) in [6, 6.07) is 4.07. The molecule has 0 aromatic heterocycles. The Bertz CT molecular complexity index is 736. The lowest BCUT2D eigenvalue weighted by Gasteiger charge is -2.26. The predicted molar refractivity (Wildman–Crippen MR) is 88.5 cm³/mol. The van der Waals surface area contributed by atoms with Gasteiger partial charge in [-0.25, -0.2) is 4.39 Å². The lowest BCUT2D eigenvalue weighted by Crippen LogP contribution is -2.41. The van der Waals surface area contributed by atoms with Crippen LogP contribution in [0, 0.1) is 24.6 Å². The molecular formula is C18H21FN2O4. The van der Waals surface area contributed by atoms with Crippen molar-refractivity contribution in [1.29, 1.82) is 0 Å². The first-order chi connectivity index (χ1) is 11.8. The first kappa shape index (κ1) is 17.4. The lowest BCUT2D eigenvalue weighted by molar-refractivity contribution is -0.143. The van der Waals surface area contributed by atoms with Crippen LogP contribution in [0.3, 0.4) is 0 Å². The highest BCUT2D eigenvalue weighted by molar-refractivity contribution is 6.00. The Morgan fingerprint density at radius 2 is 2.04 bits per heavy atom. The molecule has 0 bridgehead atoms. The molecule has 1 aromatic carbocycles. The molecular weight excluding hydrogens is 327 g/mol. The number of amides is 2. The Hall–Kier alpha value is -2.44. The second-order valence-electron chi connectivity index (χ2n) is 6.84. The Morgan fingerprint density at radius 1 is 1.32 bits per heavy atom. The minimum atomic E-state index is -0.895. The summed E-state index contributed by atoms with van der Waals surface area (Å²) >= 11 is 0. The molecule has 3 rings (SSSR count). The van der Waals surface area contributed by atoms with E-state index in [-0.39, 0.29) is 36.6 Å². The van der Waals surface area contributed by atoms with E-state index < -0.39 is 17.8 Å². The van der Waals surface area contributed by atoms with Gasteiger partial charge in [-0.2, -0.15) is 0 Å². The molecule has 2 aliphatic rings. The number of carbonyl (C=O) groups excluding carboxylic acids is 2. The van der Waals surface area contributed by atoms with E-state index in [9.17, 15) is 23.9 Å². The highest BCUT2D eigenvalue weighted by atomic mass is 19.1. The van der Waals surface area contributed by atoms with E-state index in [1.807, 2.05) is 0 Å². The van der Waals surface area contributed by atoms with Gasteiger partial charge in [-0.05, 0) is 44.0 Å². The zero-order valence-corrected chi connectivity index (χ0v) is 14.2. The fourth-order valence-corrected chi connectivity index (χ4v) is 3.73. The molecule has 0 saturated carbocycles. The Labute approximate surface area is 145 Å². The van der Waals surface area contributed by atoms with Crippen molar-refractivity contribution >= 4 is 23.5 Å². The molecule has 3 unspecified atom stereocenters.